The van der Waals surface area contributed by atoms with Gasteiger partial charge in [-0.3, -0.25) is 4.79 Å². The third-order valence-electron chi connectivity index (χ3n) is 5.37. The molecule has 0 fully saturated rings. The highest BCUT2D eigenvalue weighted by molar-refractivity contribution is 6.37. The molecule has 4 rings (SSSR count). The van der Waals surface area contributed by atoms with Crippen LogP contribution in [0.1, 0.15) is 18.1 Å². The summed E-state index contributed by atoms with van der Waals surface area (Å²) in [6, 6.07) is 13.7. The summed E-state index contributed by atoms with van der Waals surface area (Å²) >= 11 is 12.6. The highest BCUT2D eigenvalue weighted by Crippen LogP contribution is 2.35. The van der Waals surface area contributed by atoms with Crippen LogP contribution in [-0.2, 0) is 15.7 Å². The van der Waals surface area contributed by atoms with Crippen molar-refractivity contribution in [2.75, 3.05) is 7.11 Å². The summed E-state index contributed by atoms with van der Waals surface area (Å²) in [5.41, 5.74) is -0.820. The largest absolute Gasteiger partial charge is 0.476 e. The van der Waals surface area contributed by atoms with Gasteiger partial charge in [0.1, 0.15) is 0 Å². The summed E-state index contributed by atoms with van der Waals surface area (Å²) in [5.74, 6) is -0.689. The van der Waals surface area contributed by atoms with Crippen LogP contribution in [0.25, 0.3) is 22.3 Å². The molecule has 0 unspecified atom stereocenters. The molecule has 1 atom stereocenters. The second kappa shape index (κ2) is 10.8. The number of halogens is 5. The van der Waals surface area contributed by atoms with Gasteiger partial charge in [0.25, 0.3) is 5.56 Å². The molecular weight excluding hydrogens is 546 g/mol. The third-order valence-corrected chi connectivity index (χ3v) is 5.93. The van der Waals surface area contributed by atoms with E-state index in [2.05, 4.69) is 14.8 Å². The minimum absolute atomic E-state index is 0.0384. The first-order chi connectivity index (χ1) is 18.0. The molecule has 0 saturated carbocycles. The summed E-state index contributed by atoms with van der Waals surface area (Å²) < 4.78 is 51.1. The average Bonchev–Trinajstić information content (AvgIpc) is 2.89. The van der Waals surface area contributed by atoms with Crippen molar-refractivity contribution in [3.63, 3.8) is 0 Å². The number of alkyl halides is 3. The topological polar surface area (TPSA) is 82.8 Å². The number of ether oxygens (including phenoxy) is 2. The number of aromatic nitrogens is 2. The van der Waals surface area contributed by atoms with Crippen LogP contribution >= 0.6 is 23.2 Å². The Labute approximate surface area is 224 Å². The van der Waals surface area contributed by atoms with Gasteiger partial charge < -0.3 is 9.47 Å². The van der Waals surface area contributed by atoms with Crippen LogP contribution in [0.15, 0.2) is 70.6 Å². The fourth-order valence-electron chi connectivity index (χ4n) is 3.53. The normalized spacial score (nSPS) is 12.6. The number of benzene rings is 3. The van der Waals surface area contributed by atoms with Crippen molar-refractivity contribution >= 4 is 46.3 Å². The lowest BCUT2D eigenvalue weighted by Gasteiger charge is -2.15. The number of carbonyl (C=O) groups excluding carboxylic acids is 1. The van der Waals surface area contributed by atoms with Gasteiger partial charge in [-0.05, 0) is 48.9 Å². The number of carbonyl (C=O) groups is 1. The first kappa shape index (κ1) is 27.2. The van der Waals surface area contributed by atoms with Gasteiger partial charge in [-0.15, -0.1) is 0 Å². The first-order valence-corrected chi connectivity index (χ1v) is 11.7. The van der Waals surface area contributed by atoms with Crippen LogP contribution in [0.5, 0.6) is 5.75 Å². The number of methoxy groups -OCH3 is 1. The molecule has 0 N–H and O–H groups in total. The van der Waals surface area contributed by atoms with Crippen molar-refractivity contribution in [1.29, 1.82) is 0 Å². The predicted octanol–water partition coefficient (Wildman–Crippen LogP) is 6.21. The molecule has 0 aliphatic rings. The Kier molecular flexibility index (Phi) is 7.75. The van der Waals surface area contributed by atoms with E-state index in [1.807, 2.05) is 0 Å². The molecule has 1 heterocycles. The van der Waals surface area contributed by atoms with Crippen molar-refractivity contribution in [1.82, 2.24) is 9.66 Å². The second-order valence-electron chi connectivity index (χ2n) is 7.99. The van der Waals surface area contributed by atoms with Crippen LogP contribution in [0.4, 0.5) is 13.2 Å². The van der Waals surface area contributed by atoms with Gasteiger partial charge in [0, 0.05) is 5.56 Å². The summed E-state index contributed by atoms with van der Waals surface area (Å²) in [7, 11) is 1.21. The summed E-state index contributed by atoms with van der Waals surface area (Å²) in [6.45, 7) is 1.46. The van der Waals surface area contributed by atoms with Crippen LogP contribution in [0, 0.1) is 0 Å². The second-order valence-corrected chi connectivity index (χ2v) is 8.80. The van der Waals surface area contributed by atoms with E-state index >= 15 is 0 Å². The fourth-order valence-corrected chi connectivity index (χ4v) is 4.13. The zero-order chi connectivity index (χ0) is 27.6. The number of esters is 1. The standard InChI is InChI=1S/C26H18Cl2F3N3O4/c1-14(25(36)37-2)38-22-19(27)10-15(11-20(22)28)13-32-34-23(16-6-5-7-17(12-16)26(29,30)31)33-21-9-4-3-8-18(21)24(34)35/h3-14H,1-2H3/t14-/m1/s1. The predicted molar refractivity (Wildman–Crippen MR) is 138 cm³/mol. The van der Waals surface area contributed by atoms with Gasteiger partial charge in [-0.25, -0.2) is 9.78 Å². The van der Waals surface area contributed by atoms with E-state index in [9.17, 15) is 22.8 Å². The van der Waals surface area contributed by atoms with Crippen LogP contribution in [-0.4, -0.2) is 35.1 Å². The maximum absolute atomic E-state index is 13.4. The number of rotatable bonds is 6. The third kappa shape index (κ3) is 5.66. The van der Waals surface area contributed by atoms with Crippen molar-refractivity contribution in [2.45, 2.75) is 19.2 Å². The molecule has 0 aliphatic heterocycles. The van der Waals surface area contributed by atoms with Gasteiger partial charge in [0.05, 0.1) is 39.8 Å². The maximum atomic E-state index is 13.4. The highest BCUT2D eigenvalue weighted by atomic mass is 35.5. The zero-order valence-corrected chi connectivity index (χ0v) is 21.3. The Balaban J connectivity index is 1.81. The summed E-state index contributed by atoms with van der Waals surface area (Å²) in [6.07, 6.45) is -4.32. The molecule has 4 aromatic rings. The van der Waals surface area contributed by atoms with E-state index in [1.54, 1.807) is 18.2 Å². The minimum atomic E-state index is -4.59. The van der Waals surface area contributed by atoms with Gasteiger partial charge in [0.2, 0.25) is 0 Å². The van der Waals surface area contributed by atoms with E-state index in [0.29, 0.717) is 11.1 Å². The molecule has 3 aromatic carbocycles. The van der Waals surface area contributed by atoms with Gasteiger partial charge in [-0.1, -0.05) is 47.5 Å². The molecule has 0 aliphatic carbocycles. The monoisotopic (exact) mass is 563 g/mol. The summed E-state index contributed by atoms with van der Waals surface area (Å²) in [5, 5.41) is 4.54. The number of hydrogen-bond acceptors (Lipinski definition) is 6. The Morgan fingerprint density at radius 1 is 1.08 bits per heavy atom. The Bertz CT molecular complexity index is 1600. The molecule has 0 spiro atoms. The van der Waals surface area contributed by atoms with Crippen molar-refractivity contribution in [3.8, 4) is 17.1 Å². The average molecular weight is 564 g/mol. The fraction of sp³-hybridized carbons (Fsp3) is 0.154. The number of fused-ring (bicyclic) bond motifs is 1. The molecule has 1 aromatic heterocycles. The quantitative estimate of drug-likeness (QED) is 0.206. The smallest absolute Gasteiger partial charge is 0.416 e. The van der Waals surface area contributed by atoms with E-state index < -0.39 is 29.4 Å². The van der Waals surface area contributed by atoms with Crippen molar-refractivity contribution in [2.24, 2.45) is 5.10 Å². The summed E-state index contributed by atoms with van der Waals surface area (Å²) in [4.78, 5) is 29.4. The van der Waals surface area contributed by atoms with Gasteiger partial charge in [-0.2, -0.15) is 22.9 Å². The van der Waals surface area contributed by atoms with E-state index in [4.69, 9.17) is 27.9 Å². The number of para-hydroxylation sites is 1. The molecule has 0 radical (unpaired) electrons. The number of hydrogen-bond donors (Lipinski definition) is 0. The molecular formula is C26H18Cl2F3N3O4. The van der Waals surface area contributed by atoms with Crippen LogP contribution < -0.4 is 10.3 Å². The SMILES string of the molecule is COC(=O)[C@@H](C)Oc1c(Cl)cc(C=Nn2c(-c3cccc(C(F)(F)F)c3)nc3ccccc3c2=O)cc1Cl. The lowest BCUT2D eigenvalue weighted by atomic mass is 10.1. The lowest BCUT2D eigenvalue weighted by molar-refractivity contribution is -0.147. The van der Waals surface area contributed by atoms with Gasteiger partial charge >= 0.3 is 12.1 Å². The van der Waals surface area contributed by atoms with Crippen molar-refractivity contribution in [3.05, 3.63) is 92.2 Å². The first-order valence-electron chi connectivity index (χ1n) is 11.0. The number of nitrogens with zero attached hydrogens (tertiary/aromatic N) is 3. The molecule has 7 nitrogen and oxygen atoms in total. The lowest BCUT2D eigenvalue weighted by Crippen LogP contribution is -2.25. The van der Waals surface area contributed by atoms with E-state index in [1.165, 1.54) is 50.6 Å². The molecule has 12 heteroatoms. The molecule has 0 bridgehead atoms. The maximum Gasteiger partial charge on any atom is 0.416 e. The van der Waals surface area contributed by atoms with E-state index in [-0.39, 0.29) is 32.6 Å². The van der Waals surface area contributed by atoms with Crippen molar-refractivity contribution < 1.29 is 27.4 Å². The molecule has 0 saturated heterocycles. The Morgan fingerprint density at radius 2 is 1.76 bits per heavy atom. The Hall–Kier alpha value is -3.89. The molecule has 196 valence electrons. The minimum Gasteiger partial charge on any atom is -0.476 e. The van der Waals surface area contributed by atoms with E-state index in [0.717, 1.165) is 16.8 Å². The van der Waals surface area contributed by atoms with Crippen LogP contribution in [0.2, 0.25) is 10.0 Å². The molecule has 38 heavy (non-hydrogen) atoms. The Morgan fingerprint density at radius 3 is 2.42 bits per heavy atom. The highest BCUT2D eigenvalue weighted by Gasteiger charge is 2.31. The zero-order valence-electron chi connectivity index (χ0n) is 19.8. The van der Waals surface area contributed by atoms with Crippen LogP contribution in [0.3, 0.4) is 0 Å². The molecule has 0 amide bonds. The van der Waals surface area contributed by atoms with Gasteiger partial charge in [0.15, 0.2) is 17.7 Å².